The van der Waals surface area contributed by atoms with Crippen molar-refractivity contribution in [1.82, 2.24) is 4.90 Å². The topological polar surface area (TPSA) is 46.3 Å². The molecule has 1 aromatic carbocycles. The summed E-state index contributed by atoms with van der Waals surface area (Å²) in [5.74, 6) is -0.466. The summed E-state index contributed by atoms with van der Waals surface area (Å²) in [6.45, 7) is 2.46. The van der Waals surface area contributed by atoms with Crippen molar-refractivity contribution in [3.8, 4) is 0 Å². The summed E-state index contributed by atoms with van der Waals surface area (Å²) >= 11 is 5.64. The van der Waals surface area contributed by atoms with Gasteiger partial charge in [0.1, 0.15) is 5.82 Å². The summed E-state index contributed by atoms with van der Waals surface area (Å²) in [5, 5.41) is 0.0784. The van der Waals surface area contributed by atoms with Crippen molar-refractivity contribution < 1.29 is 9.18 Å². The van der Waals surface area contributed by atoms with E-state index >= 15 is 0 Å². The third-order valence-electron chi connectivity index (χ3n) is 3.10. The number of rotatable bonds is 2. The van der Waals surface area contributed by atoms with Crippen LogP contribution in [0.15, 0.2) is 18.2 Å². The molecule has 0 saturated carbocycles. The molecule has 3 nitrogen and oxygen atoms in total. The number of hydrogen-bond donors (Lipinski definition) is 1. The molecule has 0 aliphatic carbocycles. The minimum absolute atomic E-state index is 0.0142. The molecule has 0 radical (unpaired) electrons. The number of amides is 1. The van der Waals surface area contributed by atoms with Crippen molar-refractivity contribution in [3.63, 3.8) is 0 Å². The van der Waals surface area contributed by atoms with E-state index in [1.807, 2.05) is 6.92 Å². The molecule has 2 rings (SSSR count). The second kappa shape index (κ2) is 4.63. The number of likely N-dealkylation sites (tertiary alicyclic amines) is 1. The number of carbonyl (C=O) groups is 1. The lowest BCUT2D eigenvalue weighted by Gasteiger charge is -2.26. The van der Waals surface area contributed by atoms with E-state index in [4.69, 9.17) is 17.3 Å². The average molecular weight is 257 g/mol. The molecule has 0 bridgehead atoms. The van der Waals surface area contributed by atoms with Gasteiger partial charge in [0.25, 0.3) is 0 Å². The van der Waals surface area contributed by atoms with Crippen LogP contribution in [0.2, 0.25) is 5.02 Å². The summed E-state index contributed by atoms with van der Waals surface area (Å²) in [6.07, 6.45) is 0.308. The Morgan fingerprint density at radius 3 is 2.88 bits per heavy atom. The van der Waals surface area contributed by atoms with Crippen LogP contribution >= 0.6 is 11.6 Å². The number of nitrogens with zero attached hydrogens (tertiary/aromatic N) is 1. The Hall–Kier alpha value is -1.13. The Morgan fingerprint density at radius 2 is 2.29 bits per heavy atom. The molecule has 2 atom stereocenters. The highest BCUT2D eigenvalue weighted by molar-refractivity contribution is 6.30. The first-order chi connectivity index (χ1) is 8.04. The molecule has 1 fully saturated rings. The van der Waals surface area contributed by atoms with Crippen molar-refractivity contribution in [3.05, 3.63) is 34.6 Å². The Labute approximate surface area is 104 Å². The number of benzene rings is 1. The zero-order valence-electron chi connectivity index (χ0n) is 9.49. The Balaban J connectivity index is 2.37. The van der Waals surface area contributed by atoms with Gasteiger partial charge in [-0.2, -0.15) is 0 Å². The zero-order chi connectivity index (χ0) is 12.6. The molecular formula is C12H14ClFN2O. The highest BCUT2D eigenvalue weighted by Crippen LogP contribution is 2.33. The van der Waals surface area contributed by atoms with Gasteiger partial charge in [0, 0.05) is 19.0 Å². The van der Waals surface area contributed by atoms with E-state index in [-0.39, 0.29) is 23.0 Å². The molecule has 0 spiro atoms. The molecule has 1 aliphatic rings. The molecule has 92 valence electrons. The lowest BCUT2D eigenvalue weighted by atomic mass is 10.0. The monoisotopic (exact) mass is 256 g/mol. The van der Waals surface area contributed by atoms with Gasteiger partial charge in [0.05, 0.1) is 11.1 Å². The van der Waals surface area contributed by atoms with Crippen LogP contribution in [-0.4, -0.2) is 23.4 Å². The third-order valence-corrected chi connectivity index (χ3v) is 3.40. The van der Waals surface area contributed by atoms with Crippen LogP contribution in [0.1, 0.15) is 24.9 Å². The number of halogens is 2. The number of nitrogens with two attached hydrogens (primary N) is 1. The van der Waals surface area contributed by atoms with Crippen LogP contribution in [0.25, 0.3) is 0 Å². The van der Waals surface area contributed by atoms with Crippen LogP contribution in [0.5, 0.6) is 0 Å². The molecule has 17 heavy (non-hydrogen) atoms. The SMILES string of the molecule is CCN1C(=O)CC(N)C1c1ccc(Cl)c(F)c1. The first kappa shape index (κ1) is 12.3. The number of hydrogen-bond acceptors (Lipinski definition) is 2. The van der Waals surface area contributed by atoms with Crippen LogP contribution in [0.4, 0.5) is 4.39 Å². The van der Waals surface area contributed by atoms with Gasteiger partial charge in [0.2, 0.25) is 5.91 Å². The second-order valence-corrected chi connectivity index (χ2v) is 4.57. The molecule has 2 N–H and O–H groups in total. The fraction of sp³-hybridized carbons (Fsp3) is 0.417. The predicted octanol–water partition coefficient (Wildman–Crippen LogP) is 2.10. The Bertz CT molecular complexity index is 452. The van der Waals surface area contributed by atoms with Gasteiger partial charge in [-0.05, 0) is 24.6 Å². The normalized spacial score (nSPS) is 24.5. The van der Waals surface area contributed by atoms with Gasteiger partial charge >= 0.3 is 0 Å². The Morgan fingerprint density at radius 1 is 1.59 bits per heavy atom. The van der Waals surface area contributed by atoms with Crippen LogP contribution < -0.4 is 5.73 Å². The maximum atomic E-state index is 13.4. The van der Waals surface area contributed by atoms with Crippen molar-refractivity contribution in [2.45, 2.75) is 25.4 Å². The molecule has 5 heteroatoms. The van der Waals surface area contributed by atoms with Gasteiger partial charge in [-0.1, -0.05) is 17.7 Å². The van der Waals surface area contributed by atoms with Crippen LogP contribution in [-0.2, 0) is 4.79 Å². The fourth-order valence-corrected chi connectivity index (χ4v) is 2.43. The van der Waals surface area contributed by atoms with Crippen molar-refractivity contribution in [2.24, 2.45) is 5.73 Å². The van der Waals surface area contributed by atoms with Crippen LogP contribution in [0, 0.1) is 5.82 Å². The van der Waals surface area contributed by atoms with Crippen molar-refractivity contribution >= 4 is 17.5 Å². The first-order valence-electron chi connectivity index (χ1n) is 5.54. The molecule has 1 aromatic rings. The van der Waals surface area contributed by atoms with E-state index in [2.05, 4.69) is 0 Å². The molecular weight excluding hydrogens is 243 g/mol. The van der Waals surface area contributed by atoms with Crippen molar-refractivity contribution in [2.75, 3.05) is 6.54 Å². The summed E-state index contributed by atoms with van der Waals surface area (Å²) in [5.41, 5.74) is 6.64. The second-order valence-electron chi connectivity index (χ2n) is 4.17. The summed E-state index contributed by atoms with van der Waals surface area (Å²) < 4.78 is 13.4. The fourth-order valence-electron chi connectivity index (χ4n) is 2.31. The van der Waals surface area contributed by atoms with E-state index in [1.54, 1.807) is 11.0 Å². The lowest BCUT2D eigenvalue weighted by Crippen LogP contribution is -2.32. The Kier molecular flexibility index (Phi) is 3.35. The van der Waals surface area contributed by atoms with Crippen molar-refractivity contribution in [1.29, 1.82) is 0 Å². The van der Waals surface area contributed by atoms with Gasteiger partial charge in [-0.3, -0.25) is 4.79 Å². The number of likely N-dealkylation sites (N-methyl/N-ethyl adjacent to an activating group) is 1. The van der Waals surface area contributed by atoms with E-state index in [9.17, 15) is 9.18 Å². The highest BCUT2D eigenvalue weighted by atomic mass is 35.5. The zero-order valence-corrected chi connectivity index (χ0v) is 10.2. The molecule has 1 amide bonds. The molecule has 1 heterocycles. The maximum absolute atomic E-state index is 13.4. The minimum Gasteiger partial charge on any atom is -0.334 e. The van der Waals surface area contributed by atoms with Crippen LogP contribution in [0.3, 0.4) is 0 Å². The quantitative estimate of drug-likeness (QED) is 0.881. The summed E-state index contributed by atoms with van der Waals surface area (Å²) in [6, 6.07) is 4.03. The highest BCUT2D eigenvalue weighted by Gasteiger charge is 2.37. The van der Waals surface area contributed by atoms with E-state index in [0.717, 1.165) is 0 Å². The molecule has 1 aliphatic heterocycles. The van der Waals surface area contributed by atoms with Gasteiger partial charge in [-0.25, -0.2) is 4.39 Å². The molecule has 1 saturated heterocycles. The van der Waals surface area contributed by atoms with E-state index < -0.39 is 5.82 Å². The predicted molar refractivity (Wildman–Crippen MR) is 64.1 cm³/mol. The first-order valence-corrected chi connectivity index (χ1v) is 5.92. The summed E-state index contributed by atoms with van der Waals surface area (Å²) in [4.78, 5) is 13.4. The van der Waals surface area contributed by atoms with Gasteiger partial charge in [0.15, 0.2) is 0 Å². The lowest BCUT2D eigenvalue weighted by molar-refractivity contribution is -0.128. The molecule has 0 aromatic heterocycles. The van der Waals surface area contributed by atoms with E-state index in [0.29, 0.717) is 18.5 Å². The van der Waals surface area contributed by atoms with Gasteiger partial charge < -0.3 is 10.6 Å². The smallest absolute Gasteiger partial charge is 0.224 e. The van der Waals surface area contributed by atoms with E-state index in [1.165, 1.54) is 12.1 Å². The third kappa shape index (κ3) is 2.15. The van der Waals surface area contributed by atoms with Gasteiger partial charge in [-0.15, -0.1) is 0 Å². The average Bonchev–Trinajstić information content (AvgIpc) is 2.57. The minimum atomic E-state index is -0.480. The molecule has 2 unspecified atom stereocenters. The standard InChI is InChI=1S/C12H14ClFN2O/c1-2-16-11(17)6-10(15)12(16)7-3-4-8(13)9(14)5-7/h3-5,10,12H,2,6,15H2,1H3. The number of carbonyl (C=O) groups excluding carboxylic acids is 1. The summed E-state index contributed by atoms with van der Waals surface area (Å²) in [7, 11) is 0. The largest absolute Gasteiger partial charge is 0.334 e. The maximum Gasteiger partial charge on any atom is 0.224 e.